The predicted molar refractivity (Wildman–Crippen MR) is 84.1 cm³/mol. The fourth-order valence-electron chi connectivity index (χ4n) is 1.89. The van der Waals surface area contributed by atoms with Gasteiger partial charge in [-0.2, -0.15) is 8.42 Å². The molecule has 2 aromatic carbocycles. The van der Waals surface area contributed by atoms with E-state index in [0.29, 0.717) is 16.8 Å². The van der Waals surface area contributed by atoms with Crippen molar-refractivity contribution in [3.8, 4) is 0 Å². The van der Waals surface area contributed by atoms with Crippen molar-refractivity contribution in [2.45, 2.75) is 11.8 Å². The van der Waals surface area contributed by atoms with Crippen LogP contribution in [-0.2, 0) is 19.1 Å². The van der Waals surface area contributed by atoms with Crippen LogP contribution in [0.3, 0.4) is 0 Å². The summed E-state index contributed by atoms with van der Waals surface area (Å²) in [5, 5.41) is 12.5. The summed E-state index contributed by atoms with van der Waals surface area (Å²) in [6.45, 7) is 0.736. The van der Waals surface area contributed by atoms with E-state index in [-0.39, 0.29) is 10.7 Å². The molecule has 0 unspecified atom stereocenters. The molecule has 0 fully saturated rings. The minimum atomic E-state index is -3.99. The lowest BCUT2D eigenvalue weighted by Gasteiger charge is -2.07. The fraction of sp³-hybridized carbons (Fsp3) is 0.125. The van der Waals surface area contributed by atoms with Crippen LogP contribution in [0.4, 0.5) is 0 Å². The number of Topliss-reactive ketones (excluding diaryl/α,β-unsaturated/α-hetero) is 1. The first kappa shape index (κ1) is 16.9. The van der Waals surface area contributed by atoms with Crippen LogP contribution in [0.1, 0.15) is 18.1 Å². The highest BCUT2D eigenvalue weighted by molar-refractivity contribution is 7.86. The molecule has 23 heavy (non-hydrogen) atoms. The fourth-order valence-corrected chi connectivity index (χ4v) is 2.81. The number of carbonyl (C=O) groups is 1. The molecule has 1 N–H and O–H groups in total. The van der Waals surface area contributed by atoms with E-state index in [1.165, 1.54) is 31.2 Å². The van der Waals surface area contributed by atoms with Gasteiger partial charge in [-0.25, -0.2) is 0 Å². The van der Waals surface area contributed by atoms with Crippen LogP contribution in [-0.4, -0.2) is 31.7 Å². The molecule has 0 aliphatic rings. The van der Waals surface area contributed by atoms with Crippen LogP contribution in [0, 0.1) is 0 Å². The maximum Gasteiger partial charge on any atom is 0.297 e. The second-order valence-electron chi connectivity index (χ2n) is 4.76. The first-order valence-electron chi connectivity index (χ1n) is 6.71. The lowest BCUT2D eigenvalue weighted by Crippen LogP contribution is -2.12. The van der Waals surface area contributed by atoms with Crippen LogP contribution in [0.15, 0.2) is 64.6 Å². The van der Waals surface area contributed by atoms with Crippen molar-refractivity contribution in [1.82, 2.24) is 0 Å². The van der Waals surface area contributed by atoms with Crippen molar-refractivity contribution < 1.29 is 22.6 Å². The van der Waals surface area contributed by atoms with Gasteiger partial charge in [-0.1, -0.05) is 47.6 Å². The van der Waals surface area contributed by atoms with Gasteiger partial charge < -0.3 is 5.21 Å². The molecule has 0 aliphatic heterocycles. The van der Waals surface area contributed by atoms with Gasteiger partial charge in [0.05, 0.1) is 4.90 Å². The second-order valence-corrected chi connectivity index (χ2v) is 6.37. The third-order valence-corrected chi connectivity index (χ3v) is 4.26. The highest BCUT2D eigenvalue weighted by atomic mass is 32.2. The summed E-state index contributed by atoms with van der Waals surface area (Å²) < 4.78 is 28.4. The average Bonchev–Trinajstić information content (AvgIpc) is 2.55. The van der Waals surface area contributed by atoms with Crippen LogP contribution in [0.2, 0.25) is 0 Å². The summed E-state index contributed by atoms with van der Waals surface area (Å²) in [4.78, 5) is 10.8. The zero-order valence-electron chi connectivity index (χ0n) is 12.3. The van der Waals surface area contributed by atoms with Crippen LogP contribution < -0.4 is 0 Å². The van der Waals surface area contributed by atoms with Crippen molar-refractivity contribution in [3.05, 3.63) is 65.7 Å². The number of rotatable bonds is 6. The van der Waals surface area contributed by atoms with E-state index in [0.717, 1.165) is 0 Å². The van der Waals surface area contributed by atoms with Crippen LogP contribution in [0.25, 0.3) is 0 Å². The van der Waals surface area contributed by atoms with Crippen molar-refractivity contribution in [2.75, 3.05) is 6.61 Å². The van der Waals surface area contributed by atoms with Crippen molar-refractivity contribution in [3.63, 3.8) is 0 Å². The van der Waals surface area contributed by atoms with Crippen molar-refractivity contribution in [1.29, 1.82) is 0 Å². The molecule has 0 saturated heterocycles. The van der Waals surface area contributed by atoms with Gasteiger partial charge in [0.1, 0.15) is 12.3 Å². The molecule has 0 spiro atoms. The molecule has 0 heterocycles. The van der Waals surface area contributed by atoms with Crippen molar-refractivity contribution >= 4 is 21.6 Å². The molecule has 0 aliphatic carbocycles. The number of hydrogen-bond donors (Lipinski definition) is 1. The first-order chi connectivity index (χ1) is 10.9. The largest absolute Gasteiger partial charge is 0.410 e. The smallest absolute Gasteiger partial charge is 0.297 e. The SMILES string of the molecule is CC(=O)COS(=O)(=O)c1ccc(C(=NO)c2ccccc2)cc1. The van der Waals surface area contributed by atoms with Crippen molar-refractivity contribution in [2.24, 2.45) is 5.16 Å². The molecule has 0 amide bonds. The lowest BCUT2D eigenvalue weighted by molar-refractivity contribution is -0.118. The van der Waals surface area contributed by atoms with E-state index in [4.69, 9.17) is 0 Å². The zero-order chi connectivity index (χ0) is 16.9. The Kier molecular flexibility index (Phi) is 5.25. The molecule has 0 atom stereocenters. The summed E-state index contributed by atoms with van der Waals surface area (Å²) >= 11 is 0. The highest BCUT2D eigenvalue weighted by Gasteiger charge is 2.17. The van der Waals surface area contributed by atoms with Gasteiger partial charge in [-0.05, 0) is 19.1 Å². The Hall–Kier alpha value is -2.51. The molecular weight excluding hydrogens is 318 g/mol. The Bertz CT molecular complexity index is 811. The number of nitrogens with zero attached hydrogens (tertiary/aromatic N) is 1. The Balaban J connectivity index is 2.27. The zero-order valence-corrected chi connectivity index (χ0v) is 13.2. The molecule has 0 radical (unpaired) electrons. The van der Waals surface area contributed by atoms with Gasteiger partial charge in [0, 0.05) is 11.1 Å². The minimum absolute atomic E-state index is 0.0761. The standard InChI is InChI=1S/C16H15NO5S/c1-12(18)11-22-23(20,21)15-9-7-14(8-10-15)16(17-19)13-5-3-2-4-6-13/h2-10,19H,11H2,1H3. The number of benzene rings is 2. The lowest BCUT2D eigenvalue weighted by atomic mass is 10.0. The third kappa shape index (κ3) is 4.24. The van der Waals surface area contributed by atoms with Crippen LogP contribution >= 0.6 is 0 Å². The molecule has 0 bridgehead atoms. The highest BCUT2D eigenvalue weighted by Crippen LogP contribution is 2.16. The monoisotopic (exact) mass is 333 g/mol. The van der Waals surface area contributed by atoms with Gasteiger partial charge in [0.2, 0.25) is 0 Å². The summed E-state index contributed by atoms with van der Waals surface area (Å²) in [7, 11) is -3.99. The molecule has 2 aromatic rings. The molecule has 7 heteroatoms. The molecule has 6 nitrogen and oxygen atoms in total. The summed E-state index contributed by atoms with van der Waals surface area (Å²) in [5.74, 6) is -0.385. The Labute approximate surface area is 134 Å². The molecule has 0 saturated carbocycles. The molecular formula is C16H15NO5S. The summed E-state index contributed by atoms with van der Waals surface area (Å²) in [6, 6.07) is 14.7. The van der Waals surface area contributed by atoms with E-state index in [1.54, 1.807) is 24.3 Å². The topological polar surface area (TPSA) is 93.0 Å². The number of carbonyl (C=O) groups excluding carboxylic acids is 1. The van der Waals surface area contributed by atoms with Gasteiger partial charge >= 0.3 is 0 Å². The average molecular weight is 333 g/mol. The Morgan fingerprint density at radius 1 is 1.04 bits per heavy atom. The molecule has 2 rings (SSSR count). The maximum absolute atomic E-state index is 11.9. The van der Waals surface area contributed by atoms with Gasteiger partial charge in [-0.3, -0.25) is 8.98 Å². The Morgan fingerprint density at radius 2 is 1.61 bits per heavy atom. The normalized spacial score (nSPS) is 12.1. The third-order valence-electron chi connectivity index (χ3n) is 2.98. The first-order valence-corrected chi connectivity index (χ1v) is 8.11. The molecule has 0 aromatic heterocycles. The maximum atomic E-state index is 11.9. The number of ketones is 1. The second kappa shape index (κ2) is 7.17. The predicted octanol–water partition coefficient (Wildman–Crippen LogP) is 2.21. The molecule has 120 valence electrons. The van der Waals surface area contributed by atoms with Gasteiger partial charge in [0.25, 0.3) is 10.1 Å². The van der Waals surface area contributed by atoms with E-state index >= 15 is 0 Å². The number of hydrogen-bond acceptors (Lipinski definition) is 6. The number of oxime groups is 1. The summed E-state index contributed by atoms with van der Waals surface area (Å²) in [5.41, 5.74) is 1.56. The minimum Gasteiger partial charge on any atom is -0.410 e. The Morgan fingerprint density at radius 3 is 2.13 bits per heavy atom. The van der Waals surface area contributed by atoms with Gasteiger partial charge in [-0.15, -0.1) is 0 Å². The van der Waals surface area contributed by atoms with E-state index < -0.39 is 16.7 Å². The summed E-state index contributed by atoms with van der Waals surface area (Å²) in [6.07, 6.45) is 0. The quantitative estimate of drug-likeness (QED) is 0.379. The van der Waals surface area contributed by atoms with E-state index in [9.17, 15) is 18.4 Å². The van der Waals surface area contributed by atoms with E-state index in [2.05, 4.69) is 9.34 Å². The van der Waals surface area contributed by atoms with Crippen LogP contribution in [0.5, 0.6) is 0 Å². The van der Waals surface area contributed by atoms with E-state index in [1.807, 2.05) is 6.07 Å². The van der Waals surface area contributed by atoms with Gasteiger partial charge in [0.15, 0.2) is 5.78 Å².